The van der Waals surface area contributed by atoms with Crippen LogP contribution in [0.4, 0.5) is 5.69 Å². The SMILES string of the molecule is CCCN1C(=O)c2ccc(Cl)cc2NC1c1cc(Cl)ccc1OC1CCCC1. The molecule has 1 unspecified atom stereocenters. The molecule has 1 aliphatic heterocycles. The maximum Gasteiger partial charge on any atom is 0.257 e. The van der Waals surface area contributed by atoms with E-state index in [9.17, 15) is 4.79 Å². The molecule has 0 spiro atoms. The van der Waals surface area contributed by atoms with Crippen molar-refractivity contribution in [1.29, 1.82) is 0 Å². The van der Waals surface area contributed by atoms with E-state index in [4.69, 9.17) is 27.9 Å². The fraction of sp³-hybridized carbons (Fsp3) is 0.409. The van der Waals surface area contributed by atoms with Crippen LogP contribution in [0.2, 0.25) is 10.0 Å². The predicted molar refractivity (Wildman–Crippen MR) is 113 cm³/mol. The molecule has 1 heterocycles. The number of fused-ring (bicyclic) bond motifs is 1. The van der Waals surface area contributed by atoms with Gasteiger partial charge in [0.25, 0.3) is 5.91 Å². The lowest BCUT2D eigenvalue weighted by atomic mass is 10.0. The Bertz CT molecular complexity index is 881. The van der Waals surface area contributed by atoms with Gasteiger partial charge >= 0.3 is 0 Å². The maximum atomic E-state index is 13.2. The highest BCUT2D eigenvalue weighted by molar-refractivity contribution is 6.31. The number of nitrogens with zero attached hydrogens (tertiary/aromatic N) is 1. The number of hydrogen-bond acceptors (Lipinski definition) is 3. The largest absolute Gasteiger partial charge is 0.490 e. The summed E-state index contributed by atoms with van der Waals surface area (Å²) in [6.07, 6.45) is 5.25. The molecular weight excluding hydrogens is 395 g/mol. The monoisotopic (exact) mass is 418 g/mol. The molecule has 1 saturated carbocycles. The van der Waals surface area contributed by atoms with Gasteiger partial charge in [0.1, 0.15) is 11.9 Å². The summed E-state index contributed by atoms with van der Waals surface area (Å²) in [7, 11) is 0. The van der Waals surface area contributed by atoms with Gasteiger partial charge in [-0.1, -0.05) is 30.1 Å². The Morgan fingerprint density at radius 1 is 1.11 bits per heavy atom. The number of ether oxygens (including phenoxy) is 1. The van der Waals surface area contributed by atoms with Crippen LogP contribution in [0.25, 0.3) is 0 Å². The van der Waals surface area contributed by atoms with Crippen molar-refractivity contribution < 1.29 is 9.53 Å². The van der Waals surface area contributed by atoms with E-state index in [1.807, 2.05) is 23.1 Å². The molecule has 0 saturated heterocycles. The highest BCUT2D eigenvalue weighted by Crippen LogP contribution is 2.40. The van der Waals surface area contributed by atoms with E-state index in [2.05, 4.69) is 12.2 Å². The van der Waals surface area contributed by atoms with E-state index in [0.29, 0.717) is 22.2 Å². The summed E-state index contributed by atoms with van der Waals surface area (Å²) in [5.74, 6) is 0.775. The summed E-state index contributed by atoms with van der Waals surface area (Å²) in [6, 6.07) is 11.0. The van der Waals surface area contributed by atoms with Crippen LogP contribution < -0.4 is 10.1 Å². The topological polar surface area (TPSA) is 41.6 Å². The molecule has 148 valence electrons. The summed E-state index contributed by atoms with van der Waals surface area (Å²) in [5.41, 5.74) is 2.25. The van der Waals surface area contributed by atoms with Crippen molar-refractivity contribution >= 4 is 34.8 Å². The molecule has 0 bridgehead atoms. The van der Waals surface area contributed by atoms with Gasteiger partial charge in [0.2, 0.25) is 0 Å². The van der Waals surface area contributed by atoms with Crippen LogP contribution in [-0.2, 0) is 0 Å². The number of nitrogens with one attached hydrogen (secondary N) is 1. The molecule has 1 aliphatic carbocycles. The van der Waals surface area contributed by atoms with E-state index in [1.165, 1.54) is 12.8 Å². The van der Waals surface area contributed by atoms with Crippen LogP contribution in [0.3, 0.4) is 0 Å². The van der Waals surface area contributed by atoms with Crippen LogP contribution >= 0.6 is 23.2 Å². The second-order valence-corrected chi connectivity index (χ2v) is 8.31. The fourth-order valence-corrected chi connectivity index (χ4v) is 4.42. The zero-order valence-corrected chi connectivity index (χ0v) is 17.4. The van der Waals surface area contributed by atoms with Crippen molar-refractivity contribution in [2.24, 2.45) is 0 Å². The van der Waals surface area contributed by atoms with Crippen molar-refractivity contribution in [1.82, 2.24) is 4.90 Å². The maximum absolute atomic E-state index is 13.2. The summed E-state index contributed by atoms with van der Waals surface area (Å²) in [5, 5.41) is 4.71. The Kier molecular flexibility index (Phi) is 5.70. The Balaban J connectivity index is 1.75. The van der Waals surface area contributed by atoms with Gasteiger partial charge in [-0.15, -0.1) is 0 Å². The normalized spacial score (nSPS) is 19.5. The lowest BCUT2D eigenvalue weighted by molar-refractivity contribution is 0.0679. The molecule has 6 heteroatoms. The number of benzene rings is 2. The molecular formula is C22H24Cl2N2O2. The molecule has 0 radical (unpaired) electrons. The van der Waals surface area contributed by atoms with Gasteiger partial charge in [0, 0.05) is 22.2 Å². The van der Waals surface area contributed by atoms with E-state index in [0.717, 1.165) is 36.3 Å². The van der Waals surface area contributed by atoms with Crippen molar-refractivity contribution in [2.75, 3.05) is 11.9 Å². The smallest absolute Gasteiger partial charge is 0.257 e. The minimum absolute atomic E-state index is 0.0101. The Hall–Kier alpha value is -1.91. The number of anilines is 1. The van der Waals surface area contributed by atoms with E-state index in [-0.39, 0.29) is 18.2 Å². The lowest BCUT2D eigenvalue weighted by Gasteiger charge is -2.39. The van der Waals surface area contributed by atoms with E-state index < -0.39 is 0 Å². The Morgan fingerprint density at radius 3 is 2.57 bits per heavy atom. The second kappa shape index (κ2) is 8.22. The lowest BCUT2D eigenvalue weighted by Crippen LogP contribution is -2.43. The third kappa shape index (κ3) is 3.81. The van der Waals surface area contributed by atoms with Crippen molar-refractivity contribution in [2.45, 2.75) is 51.3 Å². The first kappa shape index (κ1) is 19.4. The quantitative estimate of drug-likeness (QED) is 0.619. The number of carbonyl (C=O) groups is 1. The summed E-state index contributed by atoms with van der Waals surface area (Å²) >= 11 is 12.5. The average Bonchev–Trinajstić information content (AvgIpc) is 3.18. The molecule has 28 heavy (non-hydrogen) atoms. The first-order valence-corrected chi connectivity index (χ1v) is 10.7. The van der Waals surface area contributed by atoms with Gasteiger partial charge in [0.15, 0.2) is 0 Å². The van der Waals surface area contributed by atoms with Gasteiger partial charge in [-0.05, 0) is 68.5 Å². The van der Waals surface area contributed by atoms with Gasteiger partial charge in [-0.25, -0.2) is 0 Å². The van der Waals surface area contributed by atoms with Gasteiger partial charge in [-0.3, -0.25) is 4.79 Å². The number of hydrogen-bond donors (Lipinski definition) is 1. The minimum atomic E-state index is -0.353. The molecule has 0 aromatic heterocycles. The fourth-order valence-electron chi connectivity index (χ4n) is 4.06. The van der Waals surface area contributed by atoms with E-state index >= 15 is 0 Å². The highest BCUT2D eigenvalue weighted by Gasteiger charge is 2.34. The highest BCUT2D eigenvalue weighted by atomic mass is 35.5. The summed E-state index contributed by atoms with van der Waals surface area (Å²) in [6.45, 7) is 2.70. The zero-order valence-electron chi connectivity index (χ0n) is 15.9. The first-order valence-electron chi connectivity index (χ1n) is 9.90. The van der Waals surface area contributed by atoms with E-state index in [1.54, 1.807) is 18.2 Å². The van der Waals surface area contributed by atoms with Crippen LogP contribution in [-0.4, -0.2) is 23.5 Å². The number of amides is 1. The van der Waals surface area contributed by atoms with Crippen molar-refractivity contribution in [3.8, 4) is 5.75 Å². The molecule has 1 atom stereocenters. The van der Waals surface area contributed by atoms with Gasteiger partial charge in [0.05, 0.1) is 17.4 Å². The number of halogens is 2. The zero-order chi connectivity index (χ0) is 19.7. The van der Waals surface area contributed by atoms with Crippen molar-refractivity contribution in [3.05, 3.63) is 57.6 Å². The third-order valence-electron chi connectivity index (χ3n) is 5.40. The molecule has 4 nitrogen and oxygen atoms in total. The van der Waals surface area contributed by atoms with Crippen molar-refractivity contribution in [3.63, 3.8) is 0 Å². The van der Waals surface area contributed by atoms with Crippen LogP contribution in [0.15, 0.2) is 36.4 Å². The molecule has 2 aliphatic rings. The minimum Gasteiger partial charge on any atom is -0.490 e. The molecule has 2 aromatic carbocycles. The third-order valence-corrected chi connectivity index (χ3v) is 5.87. The standard InChI is InChI=1S/C22H24Cl2N2O2/c1-2-11-26-21(25-19-13-15(24)7-9-17(19)22(26)27)18-12-14(23)8-10-20(18)28-16-5-3-4-6-16/h7-10,12-13,16,21,25H,2-6,11H2,1H3. The van der Waals surface area contributed by atoms with Gasteiger partial charge in [-0.2, -0.15) is 0 Å². The molecule has 4 rings (SSSR count). The molecule has 1 fully saturated rings. The number of rotatable bonds is 5. The first-order chi connectivity index (χ1) is 13.6. The summed E-state index contributed by atoms with van der Waals surface area (Å²) < 4.78 is 6.33. The summed E-state index contributed by atoms with van der Waals surface area (Å²) in [4.78, 5) is 15.1. The number of carbonyl (C=O) groups excluding carboxylic acids is 1. The van der Waals surface area contributed by atoms with Crippen LogP contribution in [0.5, 0.6) is 5.75 Å². The average molecular weight is 419 g/mol. The van der Waals surface area contributed by atoms with Gasteiger partial charge < -0.3 is 15.0 Å². The van der Waals surface area contributed by atoms with Crippen LogP contribution in [0.1, 0.15) is 61.1 Å². The Labute approximate surface area is 175 Å². The Morgan fingerprint density at radius 2 is 1.82 bits per heavy atom. The molecule has 1 N–H and O–H groups in total. The van der Waals surface area contributed by atoms with Crippen LogP contribution in [0, 0.1) is 0 Å². The second-order valence-electron chi connectivity index (χ2n) is 7.44. The molecule has 1 amide bonds. The predicted octanol–water partition coefficient (Wildman–Crippen LogP) is 6.29. The molecule has 2 aromatic rings.